The van der Waals surface area contributed by atoms with E-state index in [0.29, 0.717) is 28.0 Å². The van der Waals surface area contributed by atoms with Crippen LogP contribution in [-0.2, 0) is 4.79 Å². The molecule has 0 unspecified atom stereocenters. The third-order valence-electron chi connectivity index (χ3n) is 5.82. The summed E-state index contributed by atoms with van der Waals surface area (Å²) >= 11 is 0. The van der Waals surface area contributed by atoms with E-state index in [-0.39, 0.29) is 22.8 Å². The van der Waals surface area contributed by atoms with Crippen molar-refractivity contribution < 1.29 is 28.5 Å². The molecule has 3 aromatic carbocycles. The third-order valence-corrected chi connectivity index (χ3v) is 5.82. The normalized spacial score (nSPS) is 16.5. The number of phenolic OH excluding ortho intramolecular Hbond substituents is 1. The first-order chi connectivity index (χ1) is 16.5. The fourth-order valence-corrected chi connectivity index (χ4v) is 4.24. The Labute approximate surface area is 194 Å². The number of carbonyl (C=O) groups is 1. The first kappa shape index (κ1) is 21.4. The lowest BCUT2D eigenvalue weighted by Gasteiger charge is -2.19. The summed E-state index contributed by atoms with van der Waals surface area (Å²) in [5.41, 5.74) is 0.985. The zero-order valence-electron chi connectivity index (χ0n) is 18.4. The molecule has 8 heteroatoms. The van der Waals surface area contributed by atoms with E-state index < -0.39 is 23.6 Å². The number of aromatic hydroxyl groups is 1. The Bertz CT molecular complexity index is 1460. The van der Waals surface area contributed by atoms with Gasteiger partial charge in [0.25, 0.3) is 5.91 Å². The predicted molar refractivity (Wildman–Crippen MR) is 125 cm³/mol. The summed E-state index contributed by atoms with van der Waals surface area (Å²) in [6.07, 6.45) is -1.09. The van der Waals surface area contributed by atoms with Crippen LogP contribution >= 0.6 is 0 Å². The quantitative estimate of drug-likeness (QED) is 0.434. The number of methoxy groups -OCH3 is 2. The fourth-order valence-electron chi connectivity index (χ4n) is 4.24. The van der Waals surface area contributed by atoms with E-state index in [2.05, 4.69) is 5.32 Å². The van der Waals surface area contributed by atoms with Crippen LogP contribution < -0.4 is 25.2 Å². The highest BCUT2D eigenvalue weighted by molar-refractivity contribution is 5.97. The number of hydrogen-bond donors (Lipinski definition) is 2. The molecule has 0 aliphatic carbocycles. The van der Waals surface area contributed by atoms with Crippen molar-refractivity contribution in [2.45, 2.75) is 12.0 Å². The maximum atomic E-state index is 13.4. The molecule has 2 atom stereocenters. The minimum absolute atomic E-state index is 0.120. The molecule has 1 aliphatic heterocycles. The van der Waals surface area contributed by atoms with Crippen molar-refractivity contribution in [3.8, 4) is 23.0 Å². The van der Waals surface area contributed by atoms with Crippen LogP contribution in [0.4, 0.5) is 5.69 Å². The van der Waals surface area contributed by atoms with E-state index in [0.717, 1.165) is 0 Å². The standard InChI is InChI=1S/C26H21NO7/c1-31-16-7-5-6-15(13-16)27-25(29)24-21(14-10-11-20(32-2)18(28)12-14)22-23(34-24)17-8-3-4-9-19(17)33-26(22)30/h3-13,21,24,28H,1-2H3,(H,27,29)/t21-,24+/m1/s1. The lowest BCUT2D eigenvalue weighted by molar-refractivity contribution is -0.122. The summed E-state index contributed by atoms with van der Waals surface area (Å²) in [4.78, 5) is 26.5. The first-order valence-electron chi connectivity index (χ1n) is 10.5. The van der Waals surface area contributed by atoms with Gasteiger partial charge in [0, 0.05) is 11.8 Å². The van der Waals surface area contributed by atoms with Gasteiger partial charge >= 0.3 is 5.63 Å². The SMILES string of the molecule is COc1cccc(NC(=O)[C@H]2Oc3c(c(=O)oc4ccccc34)[C@H]2c2ccc(OC)c(O)c2)c1. The van der Waals surface area contributed by atoms with Gasteiger partial charge in [0.05, 0.1) is 31.1 Å². The fraction of sp³-hybridized carbons (Fsp3) is 0.154. The zero-order chi connectivity index (χ0) is 23.8. The Morgan fingerprint density at radius 2 is 1.82 bits per heavy atom. The van der Waals surface area contributed by atoms with Gasteiger partial charge in [-0.25, -0.2) is 4.79 Å². The van der Waals surface area contributed by atoms with Gasteiger partial charge in [-0.3, -0.25) is 4.79 Å². The van der Waals surface area contributed by atoms with Gasteiger partial charge in [-0.05, 0) is 42.0 Å². The highest BCUT2D eigenvalue weighted by atomic mass is 16.5. The van der Waals surface area contributed by atoms with Crippen molar-refractivity contribution in [2.75, 3.05) is 19.5 Å². The molecular weight excluding hydrogens is 438 g/mol. The van der Waals surface area contributed by atoms with Crippen LogP contribution in [-0.4, -0.2) is 31.3 Å². The molecule has 2 N–H and O–H groups in total. The topological polar surface area (TPSA) is 107 Å². The van der Waals surface area contributed by atoms with Crippen molar-refractivity contribution in [3.05, 3.63) is 88.3 Å². The van der Waals surface area contributed by atoms with Gasteiger partial charge in [0.15, 0.2) is 17.6 Å². The number of phenols is 1. The average Bonchev–Trinajstić information content (AvgIpc) is 3.26. The molecule has 0 radical (unpaired) electrons. The van der Waals surface area contributed by atoms with Gasteiger partial charge in [0.2, 0.25) is 0 Å². The summed E-state index contributed by atoms with van der Waals surface area (Å²) in [5, 5.41) is 13.8. The molecule has 0 saturated heterocycles. The zero-order valence-corrected chi connectivity index (χ0v) is 18.4. The minimum Gasteiger partial charge on any atom is -0.504 e. The number of nitrogens with one attached hydrogen (secondary N) is 1. The minimum atomic E-state index is -1.09. The average molecular weight is 459 g/mol. The lowest BCUT2D eigenvalue weighted by Crippen LogP contribution is -2.35. The maximum Gasteiger partial charge on any atom is 0.344 e. The smallest absolute Gasteiger partial charge is 0.344 e. The van der Waals surface area contributed by atoms with E-state index in [1.54, 1.807) is 60.7 Å². The Morgan fingerprint density at radius 1 is 1.00 bits per heavy atom. The van der Waals surface area contributed by atoms with Crippen molar-refractivity contribution in [1.29, 1.82) is 0 Å². The third kappa shape index (κ3) is 3.59. The highest BCUT2D eigenvalue weighted by Gasteiger charge is 2.44. The Balaban J connectivity index is 1.63. The molecule has 1 aromatic heterocycles. The van der Waals surface area contributed by atoms with Crippen molar-refractivity contribution in [2.24, 2.45) is 0 Å². The second kappa shape index (κ2) is 8.47. The second-order valence-corrected chi connectivity index (χ2v) is 7.80. The number of hydrogen-bond acceptors (Lipinski definition) is 7. The number of benzene rings is 3. The summed E-state index contributed by atoms with van der Waals surface area (Å²) < 4.78 is 22.0. The highest BCUT2D eigenvalue weighted by Crippen LogP contribution is 2.45. The molecule has 0 fully saturated rings. The van der Waals surface area contributed by atoms with E-state index in [1.165, 1.54) is 20.3 Å². The van der Waals surface area contributed by atoms with Gasteiger partial charge in [-0.1, -0.05) is 24.3 Å². The second-order valence-electron chi connectivity index (χ2n) is 7.80. The number of fused-ring (bicyclic) bond motifs is 3. The largest absolute Gasteiger partial charge is 0.504 e. The van der Waals surface area contributed by atoms with Crippen LogP contribution in [0.5, 0.6) is 23.0 Å². The van der Waals surface area contributed by atoms with E-state index in [9.17, 15) is 14.7 Å². The maximum absolute atomic E-state index is 13.4. The monoisotopic (exact) mass is 459 g/mol. The summed E-state index contributed by atoms with van der Waals surface area (Å²) in [6.45, 7) is 0. The molecule has 1 amide bonds. The van der Waals surface area contributed by atoms with Crippen LogP contribution in [0.3, 0.4) is 0 Å². The molecule has 2 heterocycles. The van der Waals surface area contributed by atoms with E-state index in [1.807, 2.05) is 0 Å². The molecular formula is C26H21NO7. The summed E-state index contributed by atoms with van der Waals surface area (Å²) in [6, 6.07) is 18.6. The molecule has 34 heavy (non-hydrogen) atoms. The number of para-hydroxylation sites is 1. The predicted octanol–water partition coefficient (Wildman–Crippen LogP) is 4.05. The van der Waals surface area contributed by atoms with Crippen molar-refractivity contribution in [3.63, 3.8) is 0 Å². The molecule has 0 bridgehead atoms. The number of carbonyl (C=O) groups excluding carboxylic acids is 1. The van der Waals surface area contributed by atoms with Gasteiger partial charge in [-0.2, -0.15) is 0 Å². The molecule has 5 rings (SSSR count). The van der Waals surface area contributed by atoms with E-state index in [4.69, 9.17) is 18.6 Å². The van der Waals surface area contributed by atoms with Crippen LogP contribution in [0.2, 0.25) is 0 Å². The molecule has 172 valence electrons. The van der Waals surface area contributed by atoms with Gasteiger partial charge < -0.3 is 29.1 Å². The van der Waals surface area contributed by atoms with E-state index >= 15 is 0 Å². The number of anilines is 1. The van der Waals surface area contributed by atoms with Crippen LogP contribution in [0.25, 0.3) is 11.0 Å². The van der Waals surface area contributed by atoms with Crippen molar-refractivity contribution >= 4 is 22.6 Å². The first-order valence-corrected chi connectivity index (χ1v) is 10.5. The van der Waals surface area contributed by atoms with Crippen LogP contribution in [0, 0.1) is 0 Å². The molecule has 0 spiro atoms. The molecule has 1 aliphatic rings. The molecule has 0 saturated carbocycles. The summed E-state index contributed by atoms with van der Waals surface area (Å²) in [5.74, 6) is -0.266. The Morgan fingerprint density at radius 3 is 2.59 bits per heavy atom. The Hall–Kier alpha value is -4.46. The van der Waals surface area contributed by atoms with Crippen LogP contribution in [0.15, 0.2) is 75.9 Å². The number of amides is 1. The van der Waals surface area contributed by atoms with Gasteiger partial charge in [0.1, 0.15) is 17.1 Å². The van der Waals surface area contributed by atoms with Gasteiger partial charge in [-0.15, -0.1) is 0 Å². The van der Waals surface area contributed by atoms with Crippen molar-refractivity contribution in [1.82, 2.24) is 0 Å². The summed E-state index contributed by atoms with van der Waals surface area (Å²) in [7, 11) is 2.97. The van der Waals surface area contributed by atoms with Crippen LogP contribution in [0.1, 0.15) is 17.0 Å². The Kier molecular flexibility index (Phi) is 5.33. The molecule has 8 nitrogen and oxygen atoms in total. The number of ether oxygens (including phenoxy) is 3. The lowest BCUT2D eigenvalue weighted by atomic mass is 9.88. The number of rotatable bonds is 5. The molecule has 4 aromatic rings.